The van der Waals surface area contributed by atoms with Gasteiger partial charge in [-0.2, -0.15) is 0 Å². The molecule has 0 aliphatic heterocycles. The normalized spacial score (nSPS) is 12.6. The van der Waals surface area contributed by atoms with Crippen LogP contribution in [0.1, 0.15) is 13.3 Å². The molecule has 0 heterocycles. The second kappa shape index (κ2) is 5.33. The van der Waals surface area contributed by atoms with Crippen molar-refractivity contribution in [2.75, 3.05) is 18.5 Å². The van der Waals surface area contributed by atoms with Crippen molar-refractivity contribution in [2.45, 2.75) is 19.4 Å². The summed E-state index contributed by atoms with van der Waals surface area (Å²) in [6.07, 6.45) is 0.894. The van der Waals surface area contributed by atoms with Crippen molar-refractivity contribution in [3.63, 3.8) is 0 Å². The summed E-state index contributed by atoms with van der Waals surface area (Å²) in [4.78, 5) is 2.04. The molecule has 0 saturated heterocycles. The van der Waals surface area contributed by atoms with Gasteiger partial charge in [0.1, 0.15) is 5.82 Å². The van der Waals surface area contributed by atoms with E-state index in [-0.39, 0.29) is 10.8 Å². The number of rotatable bonds is 4. The van der Waals surface area contributed by atoms with E-state index in [4.69, 9.17) is 17.3 Å². The lowest BCUT2D eigenvalue weighted by Crippen LogP contribution is -2.30. The zero-order valence-electron chi connectivity index (χ0n) is 9.00. The average Bonchev–Trinajstić information content (AvgIpc) is 2.21. The minimum atomic E-state index is -0.389. The summed E-state index contributed by atoms with van der Waals surface area (Å²) in [6.45, 7) is 2.71. The summed E-state index contributed by atoms with van der Waals surface area (Å²) >= 11 is 5.71. The standard InChI is InChI=1S/C11H16ClFN2/c1-8(5-6-14)15(2)9-3-4-11(13)10(12)7-9/h3-4,7-8H,5-6,14H2,1-2H3. The van der Waals surface area contributed by atoms with E-state index >= 15 is 0 Å². The van der Waals surface area contributed by atoms with Gasteiger partial charge in [-0.3, -0.25) is 0 Å². The Hall–Kier alpha value is -0.800. The maximum atomic E-state index is 12.9. The molecular formula is C11H16ClFN2. The molecule has 0 fully saturated rings. The van der Waals surface area contributed by atoms with Crippen molar-refractivity contribution < 1.29 is 4.39 Å². The molecule has 0 bridgehead atoms. The fraction of sp³-hybridized carbons (Fsp3) is 0.455. The van der Waals surface area contributed by atoms with Gasteiger partial charge in [-0.25, -0.2) is 4.39 Å². The highest BCUT2D eigenvalue weighted by atomic mass is 35.5. The van der Waals surface area contributed by atoms with E-state index in [1.807, 2.05) is 11.9 Å². The van der Waals surface area contributed by atoms with Gasteiger partial charge < -0.3 is 10.6 Å². The highest BCUT2D eigenvalue weighted by molar-refractivity contribution is 6.31. The minimum Gasteiger partial charge on any atom is -0.372 e. The molecule has 0 aliphatic rings. The number of nitrogens with zero attached hydrogens (tertiary/aromatic N) is 1. The van der Waals surface area contributed by atoms with E-state index < -0.39 is 0 Å². The van der Waals surface area contributed by atoms with Crippen molar-refractivity contribution in [1.29, 1.82) is 0 Å². The Kier molecular flexibility index (Phi) is 4.36. The Balaban J connectivity index is 2.81. The fourth-order valence-electron chi connectivity index (χ4n) is 1.39. The van der Waals surface area contributed by atoms with Crippen LogP contribution in [-0.4, -0.2) is 19.6 Å². The molecule has 1 atom stereocenters. The molecule has 2 N–H and O–H groups in total. The molecule has 1 aromatic rings. The average molecular weight is 231 g/mol. The highest BCUT2D eigenvalue weighted by Crippen LogP contribution is 2.23. The first-order chi connectivity index (χ1) is 7.06. The number of anilines is 1. The smallest absolute Gasteiger partial charge is 0.141 e. The molecular weight excluding hydrogens is 215 g/mol. The van der Waals surface area contributed by atoms with E-state index in [1.165, 1.54) is 6.07 Å². The number of hydrogen-bond acceptors (Lipinski definition) is 2. The number of hydrogen-bond donors (Lipinski definition) is 1. The van der Waals surface area contributed by atoms with Crippen molar-refractivity contribution in [1.82, 2.24) is 0 Å². The first-order valence-corrected chi connectivity index (χ1v) is 5.32. The molecule has 0 aliphatic carbocycles. The topological polar surface area (TPSA) is 29.3 Å². The largest absolute Gasteiger partial charge is 0.372 e. The van der Waals surface area contributed by atoms with E-state index in [9.17, 15) is 4.39 Å². The predicted octanol–water partition coefficient (Wildman–Crippen LogP) is 2.65. The fourth-order valence-corrected chi connectivity index (χ4v) is 1.57. The van der Waals surface area contributed by atoms with Crippen LogP contribution in [-0.2, 0) is 0 Å². The van der Waals surface area contributed by atoms with Gasteiger partial charge in [0.25, 0.3) is 0 Å². The Morgan fingerprint density at radius 2 is 2.20 bits per heavy atom. The number of nitrogens with two attached hydrogens (primary N) is 1. The number of benzene rings is 1. The van der Waals surface area contributed by atoms with Crippen LogP contribution >= 0.6 is 11.6 Å². The quantitative estimate of drug-likeness (QED) is 0.862. The molecule has 2 nitrogen and oxygen atoms in total. The summed E-state index contributed by atoms with van der Waals surface area (Å²) in [6, 6.07) is 5.04. The van der Waals surface area contributed by atoms with Gasteiger partial charge in [0.05, 0.1) is 5.02 Å². The first kappa shape index (κ1) is 12.3. The maximum Gasteiger partial charge on any atom is 0.141 e. The highest BCUT2D eigenvalue weighted by Gasteiger charge is 2.10. The second-order valence-corrected chi connectivity index (χ2v) is 4.04. The third-order valence-electron chi connectivity index (χ3n) is 2.56. The number of halogens is 2. The van der Waals surface area contributed by atoms with Crippen LogP contribution in [0.2, 0.25) is 5.02 Å². The third kappa shape index (κ3) is 3.08. The summed E-state index contributed by atoms with van der Waals surface area (Å²) in [5, 5.41) is 0.152. The van der Waals surface area contributed by atoms with E-state index in [0.29, 0.717) is 12.6 Å². The zero-order chi connectivity index (χ0) is 11.4. The SMILES string of the molecule is CC(CCN)N(C)c1ccc(F)c(Cl)c1. The van der Waals surface area contributed by atoms with Crippen molar-refractivity contribution in [3.8, 4) is 0 Å². The minimum absolute atomic E-state index is 0.152. The zero-order valence-corrected chi connectivity index (χ0v) is 9.76. The van der Waals surface area contributed by atoms with Gasteiger partial charge in [0.15, 0.2) is 0 Å². The van der Waals surface area contributed by atoms with Gasteiger partial charge in [0.2, 0.25) is 0 Å². The molecule has 0 aromatic heterocycles. The summed E-state index contributed by atoms with van der Waals surface area (Å²) in [7, 11) is 1.95. The van der Waals surface area contributed by atoms with Crippen LogP contribution in [0.4, 0.5) is 10.1 Å². The first-order valence-electron chi connectivity index (χ1n) is 4.94. The van der Waals surface area contributed by atoms with Gasteiger partial charge in [-0.15, -0.1) is 0 Å². The molecule has 1 aromatic carbocycles. The van der Waals surface area contributed by atoms with Crippen LogP contribution in [0, 0.1) is 5.82 Å². The third-order valence-corrected chi connectivity index (χ3v) is 2.85. The van der Waals surface area contributed by atoms with E-state index in [1.54, 1.807) is 12.1 Å². The molecule has 1 rings (SSSR count). The summed E-state index contributed by atoms with van der Waals surface area (Å²) in [5.41, 5.74) is 6.39. The second-order valence-electron chi connectivity index (χ2n) is 3.64. The Morgan fingerprint density at radius 3 is 2.73 bits per heavy atom. The molecule has 1 unspecified atom stereocenters. The van der Waals surface area contributed by atoms with Crippen LogP contribution in [0.25, 0.3) is 0 Å². The maximum absolute atomic E-state index is 12.9. The predicted molar refractivity (Wildman–Crippen MR) is 62.9 cm³/mol. The molecule has 0 amide bonds. The Morgan fingerprint density at radius 1 is 1.53 bits per heavy atom. The summed E-state index contributed by atoms with van der Waals surface area (Å²) < 4.78 is 12.9. The lowest BCUT2D eigenvalue weighted by Gasteiger charge is -2.26. The summed E-state index contributed by atoms with van der Waals surface area (Å²) in [5.74, 6) is -0.389. The molecule has 0 saturated carbocycles. The molecule has 0 spiro atoms. The Labute approximate surface area is 94.8 Å². The molecule has 4 heteroatoms. The molecule has 0 radical (unpaired) electrons. The van der Waals surface area contributed by atoms with Crippen LogP contribution in [0.15, 0.2) is 18.2 Å². The van der Waals surface area contributed by atoms with Crippen LogP contribution in [0.3, 0.4) is 0 Å². The van der Waals surface area contributed by atoms with E-state index in [2.05, 4.69) is 6.92 Å². The lowest BCUT2D eigenvalue weighted by molar-refractivity contribution is 0.621. The van der Waals surface area contributed by atoms with Gasteiger partial charge in [-0.05, 0) is 38.1 Å². The van der Waals surface area contributed by atoms with Crippen molar-refractivity contribution in [3.05, 3.63) is 29.0 Å². The van der Waals surface area contributed by atoms with Crippen LogP contribution in [0.5, 0.6) is 0 Å². The van der Waals surface area contributed by atoms with Crippen molar-refractivity contribution in [2.24, 2.45) is 5.73 Å². The van der Waals surface area contributed by atoms with E-state index in [0.717, 1.165) is 12.1 Å². The van der Waals surface area contributed by atoms with Gasteiger partial charge in [-0.1, -0.05) is 11.6 Å². The van der Waals surface area contributed by atoms with Gasteiger partial charge in [0, 0.05) is 18.8 Å². The molecule has 84 valence electrons. The lowest BCUT2D eigenvalue weighted by atomic mass is 10.2. The van der Waals surface area contributed by atoms with Gasteiger partial charge >= 0.3 is 0 Å². The Bertz CT molecular complexity index is 330. The van der Waals surface area contributed by atoms with Crippen molar-refractivity contribution >= 4 is 17.3 Å². The monoisotopic (exact) mass is 230 g/mol. The molecule has 15 heavy (non-hydrogen) atoms. The van der Waals surface area contributed by atoms with Crippen LogP contribution < -0.4 is 10.6 Å².